The highest BCUT2D eigenvalue weighted by Gasteiger charge is 2.00. The lowest BCUT2D eigenvalue weighted by Crippen LogP contribution is -1.93. The van der Waals surface area contributed by atoms with Gasteiger partial charge in [-0.15, -0.1) is 0 Å². The van der Waals surface area contributed by atoms with Crippen LogP contribution < -0.4 is 0 Å². The van der Waals surface area contributed by atoms with Crippen LogP contribution >= 0.6 is 11.8 Å². The van der Waals surface area contributed by atoms with Crippen LogP contribution in [-0.2, 0) is 0 Å². The molecule has 0 saturated heterocycles. The number of hydrogen-bond acceptors (Lipinski definition) is 4. The molecule has 0 heterocycles. The molecule has 0 aromatic heterocycles. The summed E-state index contributed by atoms with van der Waals surface area (Å²) in [7, 11) is 0. The number of thiocyanates is 1. The summed E-state index contributed by atoms with van der Waals surface area (Å²) >= 11 is 1.04. The molecule has 0 unspecified atom stereocenters. The Hall–Kier alpha value is -1.02. The molecule has 0 saturated carbocycles. The number of nitriles is 1. The van der Waals surface area contributed by atoms with Gasteiger partial charge >= 0.3 is 0 Å². The van der Waals surface area contributed by atoms with Crippen LogP contribution in [0.4, 0.5) is 0 Å². The molecule has 3 nitrogen and oxygen atoms in total. The van der Waals surface area contributed by atoms with Gasteiger partial charge in [-0.1, -0.05) is 12.1 Å². The van der Waals surface area contributed by atoms with E-state index in [9.17, 15) is 0 Å². The van der Waals surface area contributed by atoms with Gasteiger partial charge in [0.1, 0.15) is 5.40 Å². The molecule has 12 heavy (non-hydrogen) atoms. The Kier molecular flexibility index (Phi) is 3.11. The van der Waals surface area contributed by atoms with Crippen molar-refractivity contribution in [3.05, 3.63) is 29.8 Å². The zero-order valence-corrected chi connectivity index (χ0v) is 6.95. The van der Waals surface area contributed by atoms with Gasteiger partial charge in [-0.25, -0.2) is 0 Å². The molecule has 62 valence electrons. The molecule has 0 aliphatic heterocycles. The lowest BCUT2D eigenvalue weighted by molar-refractivity contribution is -0.0425. The van der Waals surface area contributed by atoms with Gasteiger partial charge in [-0.2, -0.15) is 5.26 Å². The van der Waals surface area contributed by atoms with Crippen LogP contribution in [0.5, 0.6) is 0 Å². The molecule has 0 atom stereocenters. The van der Waals surface area contributed by atoms with Crippen molar-refractivity contribution < 1.29 is 10.2 Å². The van der Waals surface area contributed by atoms with Gasteiger partial charge < -0.3 is 10.2 Å². The van der Waals surface area contributed by atoms with Gasteiger partial charge in [0.15, 0.2) is 6.29 Å². The van der Waals surface area contributed by atoms with E-state index in [1.54, 1.807) is 24.3 Å². The topological polar surface area (TPSA) is 64.2 Å². The Bertz CT molecular complexity index is 289. The highest BCUT2D eigenvalue weighted by atomic mass is 32.2. The van der Waals surface area contributed by atoms with Crippen molar-refractivity contribution in [1.29, 1.82) is 5.26 Å². The van der Waals surface area contributed by atoms with Crippen LogP contribution in [0.3, 0.4) is 0 Å². The standard InChI is InChI=1S/C8H7NO2S/c9-5-12-7-3-1-6(2-4-7)8(10)11/h1-4,8,10-11H. The van der Waals surface area contributed by atoms with E-state index in [0.29, 0.717) is 5.56 Å². The van der Waals surface area contributed by atoms with Crippen LogP contribution in [0, 0.1) is 10.7 Å². The van der Waals surface area contributed by atoms with E-state index in [1.807, 2.05) is 5.40 Å². The third-order valence-corrected chi connectivity index (χ3v) is 1.94. The van der Waals surface area contributed by atoms with Crippen LogP contribution in [-0.4, -0.2) is 10.2 Å². The second-order valence-electron chi connectivity index (χ2n) is 2.14. The van der Waals surface area contributed by atoms with E-state index in [4.69, 9.17) is 15.5 Å². The Morgan fingerprint density at radius 1 is 1.25 bits per heavy atom. The minimum atomic E-state index is -1.44. The summed E-state index contributed by atoms with van der Waals surface area (Å²) in [6.45, 7) is 0. The second kappa shape index (κ2) is 4.12. The zero-order chi connectivity index (χ0) is 8.97. The van der Waals surface area contributed by atoms with Crippen LogP contribution in [0.15, 0.2) is 29.2 Å². The Morgan fingerprint density at radius 3 is 2.25 bits per heavy atom. The number of aliphatic hydroxyl groups is 2. The molecule has 0 amide bonds. The quantitative estimate of drug-likeness (QED) is 0.409. The first-order chi connectivity index (χ1) is 5.74. The Morgan fingerprint density at radius 2 is 1.83 bits per heavy atom. The maximum atomic E-state index is 8.73. The van der Waals surface area contributed by atoms with E-state index in [1.165, 1.54) is 0 Å². The van der Waals surface area contributed by atoms with Crippen molar-refractivity contribution >= 4 is 11.8 Å². The maximum Gasteiger partial charge on any atom is 0.178 e. The second-order valence-corrected chi connectivity index (χ2v) is 2.99. The SMILES string of the molecule is N#CSc1ccc(C(O)O)cc1. The molecular weight excluding hydrogens is 174 g/mol. The summed E-state index contributed by atoms with van der Waals surface area (Å²) in [4.78, 5) is 0.793. The molecule has 0 fully saturated rings. The Labute approximate surface area is 74.3 Å². The third-order valence-electron chi connectivity index (χ3n) is 1.34. The van der Waals surface area contributed by atoms with Crippen LogP contribution in [0.2, 0.25) is 0 Å². The van der Waals surface area contributed by atoms with Crippen molar-refractivity contribution in [2.24, 2.45) is 0 Å². The summed E-state index contributed by atoms with van der Waals surface area (Å²) < 4.78 is 0. The molecule has 2 N–H and O–H groups in total. The smallest absolute Gasteiger partial charge is 0.178 e. The minimum Gasteiger partial charge on any atom is -0.364 e. The number of aliphatic hydroxyl groups excluding tert-OH is 1. The predicted octanol–water partition coefficient (Wildman–Crippen LogP) is 1.24. The molecule has 0 aliphatic carbocycles. The summed E-state index contributed by atoms with van der Waals surface area (Å²) in [6.07, 6.45) is -1.44. The molecule has 1 rings (SSSR count). The van der Waals surface area contributed by atoms with Crippen LogP contribution in [0.1, 0.15) is 11.9 Å². The fourth-order valence-electron chi connectivity index (χ4n) is 0.761. The lowest BCUT2D eigenvalue weighted by atomic mass is 10.2. The average molecular weight is 181 g/mol. The van der Waals surface area contributed by atoms with E-state index in [-0.39, 0.29) is 0 Å². The maximum absolute atomic E-state index is 8.73. The van der Waals surface area contributed by atoms with Crippen molar-refractivity contribution in [2.75, 3.05) is 0 Å². The number of hydrogen-bond donors (Lipinski definition) is 2. The van der Waals surface area contributed by atoms with Crippen molar-refractivity contribution in [3.63, 3.8) is 0 Å². The molecule has 0 radical (unpaired) electrons. The molecule has 0 spiro atoms. The van der Waals surface area contributed by atoms with E-state index < -0.39 is 6.29 Å². The van der Waals surface area contributed by atoms with Crippen molar-refractivity contribution in [1.82, 2.24) is 0 Å². The largest absolute Gasteiger partial charge is 0.364 e. The Balaban J connectivity index is 2.80. The first-order valence-electron chi connectivity index (χ1n) is 3.26. The summed E-state index contributed by atoms with van der Waals surface area (Å²) in [5, 5.41) is 27.7. The number of thioether (sulfide) groups is 1. The lowest BCUT2D eigenvalue weighted by Gasteiger charge is -2.02. The summed E-state index contributed by atoms with van der Waals surface area (Å²) in [5.41, 5.74) is 0.428. The predicted molar refractivity (Wildman–Crippen MR) is 45.1 cm³/mol. The van der Waals surface area contributed by atoms with Gasteiger partial charge in [-0.3, -0.25) is 0 Å². The van der Waals surface area contributed by atoms with Gasteiger partial charge in [0.25, 0.3) is 0 Å². The van der Waals surface area contributed by atoms with Crippen molar-refractivity contribution in [2.45, 2.75) is 11.2 Å². The van der Waals surface area contributed by atoms with Gasteiger partial charge in [0.2, 0.25) is 0 Å². The molecule has 0 bridgehead atoms. The van der Waals surface area contributed by atoms with Crippen LogP contribution in [0.25, 0.3) is 0 Å². The molecule has 1 aromatic rings. The molecule has 4 heteroatoms. The first kappa shape index (κ1) is 9.07. The number of rotatable bonds is 2. The highest BCUT2D eigenvalue weighted by molar-refractivity contribution is 8.03. The molecule has 1 aromatic carbocycles. The van der Waals surface area contributed by atoms with Gasteiger partial charge in [0, 0.05) is 10.5 Å². The van der Waals surface area contributed by atoms with Gasteiger partial charge in [0.05, 0.1) is 0 Å². The zero-order valence-electron chi connectivity index (χ0n) is 6.14. The van der Waals surface area contributed by atoms with E-state index in [2.05, 4.69) is 0 Å². The first-order valence-corrected chi connectivity index (χ1v) is 4.07. The van der Waals surface area contributed by atoms with E-state index >= 15 is 0 Å². The third kappa shape index (κ3) is 2.24. The number of benzene rings is 1. The highest BCUT2D eigenvalue weighted by Crippen LogP contribution is 2.18. The molecule has 0 aliphatic rings. The normalized spacial score (nSPS) is 9.83. The van der Waals surface area contributed by atoms with Gasteiger partial charge in [-0.05, 0) is 23.9 Å². The fraction of sp³-hybridized carbons (Fsp3) is 0.125. The monoisotopic (exact) mass is 181 g/mol. The van der Waals surface area contributed by atoms with Crippen molar-refractivity contribution in [3.8, 4) is 5.40 Å². The average Bonchev–Trinajstić information content (AvgIpc) is 2.06. The summed E-state index contributed by atoms with van der Waals surface area (Å²) in [5.74, 6) is 0. The molecular formula is C8H7NO2S. The number of nitrogens with zero attached hydrogens (tertiary/aromatic N) is 1. The van der Waals surface area contributed by atoms with E-state index in [0.717, 1.165) is 16.7 Å². The summed E-state index contributed by atoms with van der Waals surface area (Å²) in [6, 6.07) is 6.49. The minimum absolute atomic E-state index is 0.428. The fourth-order valence-corrected chi connectivity index (χ4v) is 1.14.